The van der Waals surface area contributed by atoms with Gasteiger partial charge < -0.3 is 5.73 Å². The molecule has 2 aliphatic heterocycles. The van der Waals surface area contributed by atoms with Crippen LogP contribution >= 0.6 is 11.3 Å². The number of carbonyl (C=O) groups excluding carboxylic acids is 1. The summed E-state index contributed by atoms with van der Waals surface area (Å²) >= 11 is 2.89. The van der Waals surface area contributed by atoms with Crippen molar-refractivity contribution in [2.24, 2.45) is 5.73 Å². The van der Waals surface area contributed by atoms with E-state index >= 15 is 0 Å². The summed E-state index contributed by atoms with van der Waals surface area (Å²) in [5.41, 5.74) is 5.77. The second-order valence-electron chi connectivity index (χ2n) is 7.92. The second-order valence-corrected chi connectivity index (χ2v) is 10.3. The summed E-state index contributed by atoms with van der Waals surface area (Å²) < 4.78 is 7.39. The van der Waals surface area contributed by atoms with Crippen LogP contribution in [-0.4, -0.2) is 111 Å². The molecule has 0 unspecified atom stereocenters. The molecular formula is C18H26N7O2SSn. The Morgan fingerprint density at radius 2 is 1.83 bits per heavy atom. The Kier molecular flexibility index (Phi) is 6.26. The van der Waals surface area contributed by atoms with Gasteiger partial charge in [-0.05, 0) is 0 Å². The Bertz CT molecular complexity index is 892. The third kappa shape index (κ3) is 4.50. The van der Waals surface area contributed by atoms with Gasteiger partial charge in [-0.3, -0.25) is 4.79 Å². The first-order valence-corrected chi connectivity index (χ1v) is 12.1. The van der Waals surface area contributed by atoms with Gasteiger partial charge in [-0.25, -0.2) is 0 Å². The summed E-state index contributed by atoms with van der Waals surface area (Å²) in [5, 5.41) is 1.06. The van der Waals surface area contributed by atoms with Crippen LogP contribution in [0.3, 0.4) is 0 Å². The van der Waals surface area contributed by atoms with Crippen LogP contribution < -0.4 is 14.5 Å². The number of nitrogens with zero attached hydrogens (tertiary/aromatic N) is 6. The molecule has 2 aromatic rings. The number of rotatable bonds is 5. The Labute approximate surface area is 187 Å². The maximum atomic E-state index is 11.7. The molecule has 0 aliphatic carbocycles. The second kappa shape index (κ2) is 8.58. The molecule has 2 fully saturated rings. The Hall–Kier alpha value is -1.08. The van der Waals surface area contributed by atoms with Crippen molar-refractivity contribution in [3.63, 3.8) is 0 Å². The van der Waals surface area contributed by atoms with E-state index in [2.05, 4.69) is 19.7 Å². The van der Waals surface area contributed by atoms with Gasteiger partial charge in [0.2, 0.25) is 0 Å². The fourth-order valence-electron chi connectivity index (χ4n) is 3.72. The number of carbonyl (C=O) groups is 1. The molecule has 0 atom stereocenters. The number of anilines is 1. The van der Waals surface area contributed by atoms with Crippen LogP contribution in [0.5, 0.6) is 0 Å². The van der Waals surface area contributed by atoms with Crippen LogP contribution in [0.1, 0.15) is 18.9 Å². The molecular weight excluding hydrogens is 497 g/mol. The van der Waals surface area contributed by atoms with E-state index in [4.69, 9.17) is 20.4 Å². The topological polar surface area (TPSA) is 101 Å². The zero-order chi connectivity index (χ0) is 20.6. The maximum absolute atomic E-state index is 11.7. The van der Waals surface area contributed by atoms with Crippen LogP contribution in [-0.2, 0) is 16.1 Å². The number of piperazine rings is 1. The number of primary amides is 1. The zero-order valence-electron chi connectivity index (χ0n) is 16.8. The van der Waals surface area contributed by atoms with E-state index in [0.29, 0.717) is 0 Å². The molecule has 3 radical (unpaired) electrons. The standard InChI is InChI=1S/C18H26N7O2S.Sn/c1-18(2,17(19)26)25-5-3-23(4-6-25)11-13-22-15-14(28-13)16(21-12-20-15)24-7-9-27-10-8-24;/h3-11H2,1-2H3,(H2,19,26);. The van der Waals surface area contributed by atoms with Crippen molar-refractivity contribution in [1.82, 2.24) is 24.8 Å². The summed E-state index contributed by atoms with van der Waals surface area (Å²) in [6, 6.07) is 0. The molecule has 9 nitrogen and oxygen atoms in total. The summed E-state index contributed by atoms with van der Waals surface area (Å²) in [4.78, 5) is 32.7. The number of ether oxygens (including phenoxy) is 1. The van der Waals surface area contributed by atoms with Gasteiger partial charge in [0, 0.05) is 0 Å². The average Bonchev–Trinajstić information content (AvgIpc) is 3.10. The van der Waals surface area contributed by atoms with Crippen LogP contribution in [0.15, 0.2) is 0 Å². The first-order valence-electron chi connectivity index (χ1n) is 9.83. The van der Waals surface area contributed by atoms with Gasteiger partial charge in [-0.15, -0.1) is 0 Å². The quantitative estimate of drug-likeness (QED) is 0.504. The molecule has 2 aromatic heterocycles. The number of hydrogen-bond acceptors (Lipinski definition) is 9. The predicted octanol–water partition coefficient (Wildman–Crippen LogP) is -0.902. The van der Waals surface area contributed by atoms with E-state index in [0.717, 1.165) is 84.0 Å². The van der Waals surface area contributed by atoms with Gasteiger partial charge in [-0.2, -0.15) is 0 Å². The molecule has 29 heavy (non-hydrogen) atoms. The molecule has 11 heteroatoms. The molecule has 0 spiro atoms. The number of nitrogens with two attached hydrogens (primary N) is 1. The number of morpholine rings is 1. The van der Waals surface area contributed by atoms with E-state index in [-0.39, 0.29) is 5.91 Å². The van der Waals surface area contributed by atoms with Crippen molar-refractivity contribution in [2.45, 2.75) is 25.9 Å². The van der Waals surface area contributed by atoms with Gasteiger partial charge in [0.25, 0.3) is 0 Å². The van der Waals surface area contributed by atoms with Crippen molar-refractivity contribution >= 4 is 59.8 Å². The summed E-state index contributed by atoms with van der Waals surface area (Å²) in [7, 11) is 0. The van der Waals surface area contributed by atoms with Crippen molar-refractivity contribution in [2.75, 3.05) is 57.4 Å². The van der Waals surface area contributed by atoms with Gasteiger partial charge >= 0.3 is 178 Å². The molecule has 2 aliphatic rings. The van der Waals surface area contributed by atoms with Crippen LogP contribution in [0.25, 0.3) is 10.3 Å². The number of thiazole rings is 1. The monoisotopic (exact) mass is 524 g/mol. The van der Waals surface area contributed by atoms with Crippen molar-refractivity contribution in [3.8, 4) is 0 Å². The molecule has 0 bridgehead atoms. The predicted molar refractivity (Wildman–Crippen MR) is 114 cm³/mol. The Balaban J connectivity index is 1.47. The minimum atomic E-state index is -0.607. The molecule has 0 saturated carbocycles. The van der Waals surface area contributed by atoms with Crippen LogP contribution in [0.4, 0.5) is 5.82 Å². The van der Waals surface area contributed by atoms with Crippen LogP contribution in [0.2, 0.25) is 0 Å². The van der Waals surface area contributed by atoms with Crippen molar-refractivity contribution < 1.29 is 9.53 Å². The number of amides is 1. The Morgan fingerprint density at radius 3 is 2.48 bits per heavy atom. The molecule has 4 heterocycles. The minimum absolute atomic E-state index is 0.274. The molecule has 1 amide bonds. The van der Waals surface area contributed by atoms with E-state index in [1.54, 1.807) is 11.3 Å². The molecule has 155 valence electrons. The van der Waals surface area contributed by atoms with Crippen molar-refractivity contribution in [3.05, 3.63) is 5.01 Å². The molecule has 2 N–H and O–H groups in total. The fourth-order valence-corrected chi connectivity index (χ4v) is 5.39. The molecule has 4 rings (SSSR count). The average molecular weight is 523 g/mol. The first kappa shape index (κ1) is 21.2. The molecule has 0 aromatic carbocycles. The van der Waals surface area contributed by atoms with E-state index in [9.17, 15) is 4.79 Å². The van der Waals surface area contributed by atoms with Gasteiger partial charge in [0.1, 0.15) is 0 Å². The van der Waals surface area contributed by atoms with E-state index in [1.165, 1.54) is 22.5 Å². The summed E-state index contributed by atoms with van der Waals surface area (Å²) in [5.74, 6) is 0.728. The van der Waals surface area contributed by atoms with Gasteiger partial charge in [-0.1, -0.05) is 0 Å². The van der Waals surface area contributed by atoms with Crippen LogP contribution in [0, 0.1) is 0 Å². The number of hydrogen-bond donors (Lipinski definition) is 1. The summed E-state index contributed by atoms with van der Waals surface area (Å²) in [6.45, 7) is 11.2. The van der Waals surface area contributed by atoms with E-state index < -0.39 is 5.54 Å². The Morgan fingerprint density at radius 1 is 1.14 bits per heavy atom. The SMILES string of the molecule is CC(C)(C(N)=O)N1CCN(Cc2nc3n[c]([Sn])nc(N4CCOCC4)c3s2)CC1. The molecule has 2 saturated heterocycles. The van der Waals surface area contributed by atoms with Gasteiger partial charge in [0.05, 0.1) is 0 Å². The fraction of sp³-hybridized carbons (Fsp3) is 0.667. The van der Waals surface area contributed by atoms with E-state index in [1.807, 2.05) is 13.8 Å². The normalized spacial score (nSPS) is 19.8. The summed E-state index contributed by atoms with van der Waals surface area (Å²) in [6.07, 6.45) is 0. The van der Waals surface area contributed by atoms with Crippen molar-refractivity contribution in [1.29, 1.82) is 0 Å². The third-order valence-electron chi connectivity index (χ3n) is 5.72. The number of aromatic nitrogens is 3. The third-order valence-corrected chi connectivity index (χ3v) is 7.38. The zero-order valence-corrected chi connectivity index (χ0v) is 20.5. The van der Waals surface area contributed by atoms with Gasteiger partial charge in [0.15, 0.2) is 0 Å². The first-order chi connectivity index (χ1) is 13.8. The number of fused-ring (bicyclic) bond motifs is 1.